The summed E-state index contributed by atoms with van der Waals surface area (Å²) in [5.74, 6) is 0.733. The quantitative estimate of drug-likeness (QED) is 0.765. The highest BCUT2D eigenvalue weighted by atomic mass is 32.2. The molecule has 0 bridgehead atoms. The molecular formula is C11H22N2O2S. The fourth-order valence-corrected chi connectivity index (χ4v) is 4.43. The lowest BCUT2D eigenvalue weighted by molar-refractivity contribution is 0.0925. The van der Waals surface area contributed by atoms with Crippen LogP contribution in [0.2, 0.25) is 0 Å². The average molecular weight is 246 g/mol. The Kier molecular flexibility index (Phi) is 3.87. The predicted octanol–water partition coefficient (Wildman–Crippen LogP) is 0.377. The summed E-state index contributed by atoms with van der Waals surface area (Å²) in [5, 5.41) is 0. The van der Waals surface area contributed by atoms with E-state index in [0.29, 0.717) is 30.1 Å². The summed E-state index contributed by atoms with van der Waals surface area (Å²) >= 11 is 0. The van der Waals surface area contributed by atoms with E-state index in [-0.39, 0.29) is 0 Å². The van der Waals surface area contributed by atoms with E-state index in [2.05, 4.69) is 4.90 Å². The number of sulfone groups is 1. The number of rotatable bonds is 2. The van der Waals surface area contributed by atoms with Crippen LogP contribution < -0.4 is 5.73 Å². The van der Waals surface area contributed by atoms with E-state index in [1.54, 1.807) is 0 Å². The van der Waals surface area contributed by atoms with Gasteiger partial charge in [-0.25, -0.2) is 8.42 Å². The molecule has 2 N–H and O–H groups in total. The number of nitrogens with two attached hydrogens (primary N) is 1. The maximum absolute atomic E-state index is 11.4. The van der Waals surface area contributed by atoms with Gasteiger partial charge in [-0.05, 0) is 32.2 Å². The maximum Gasteiger partial charge on any atom is 0.150 e. The van der Waals surface area contributed by atoms with Crippen molar-refractivity contribution in [3.63, 3.8) is 0 Å². The van der Waals surface area contributed by atoms with Gasteiger partial charge in [0.25, 0.3) is 0 Å². The van der Waals surface area contributed by atoms with Crippen LogP contribution in [0, 0.1) is 0 Å². The lowest BCUT2D eigenvalue weighted by Crippen LogP contribution is -2.51. The first-order chi connectivity index (χ1) is 7.62. The van der Waals surface area contributed by atoms with Crippen molar-refractivity contribution >= 4 is 9.84 Å². The van der Waals surface area contributed by atoms with E-state index >= 15 is 0 Å². The molecule has 0 spiro atoms. The van der Waals surface area contributed by atoms with Crippen molar-refractivity contribution in [3.8, 4) is 0 Å². The third-order valence-corrected chi connectivity index (χ3v) is 5.65. The Hall–Kier alpha value is -0.130. The highest BCUT2D eigenvalue weighted by Gasteiger charge is 2.32. The molecule has 2 fully saturated rings. The molecule has 2 aliphatic heterocycles. The second-order valence-corrected chi connectivity index (χ2v) is 7.31. The zero-order chi connectivity index (χ0) is 11.6. The van der Waals surface area contributed by atoms with Crippen LogP contribution in [0.25, 0.3) is 0 Å². The Morgan fingerprint density at radius 3 is 2.44 bits per heavy atom. The standard InChI is InChI=1S/C11H22N2O2S/c12-9-11-3-1-2-6-13(11)10-4-7-16(14,15)8-5-10/h10-11H,1-9,12H2. The van der Waals surface area contributed by atoms with Crippen LogP contribution >= 0.6 is 0 Å². The van der Waals surface area contributed by atoms with Crippen molar-refractivity contribution in [3.05, 3.63) is 0 Å². The van der Waals surface area contributed by atoms with Crippen LogP contribution in [0.4, 0.5) is 0 Å². The van der Waals surface area contributed by atoms with Crippen LogP contribution in [0.1, 0.15) is 32.1 Å². The third-order valence-electron chi connectivity index (χ3n) is 3.94. The zero-order valence-corrected chi connectivity index (χ0v) is 10.6. The minimum Gasteiger partial charge on any atom is -0.329 e. The number of likely N-dealkylation sites (tertiary alicyclic amines) is 1. The van der Waals surface area contributed by atoms with Crippen molar-refractivity contribution in [2.24, 2.45) is 5.73 Å². The minimum absolute atomic E-state index is 0.367. The molecule has 1 atom stereocenters. The highest BCUT2D eigenvalue weighted by molar-refractivity contribution is 7.91. The smallest absolute Gasteiger partial charge is 0.150 e. The average Bonchev–Trinajstić information content (AvgIpc) is 2.29. The van der Waals surface area contributed by atoms with Gasteiger partial charge in [-0.1, -0.05) is 6.42 Å². The van der Waals surface area contributed by atoms with Crippen molar-refractivity contribution in [2.45, 2.75) is 44.2 Å². The SMILES string of the molecule is NCC1CCCCN1C1CCS(=O)(=O)CC1. The summed E-state index contributed by atoms with van der Waals surface area (Å²) in [7, 11) is -2.74. The molecule has 0 aromatic rings. The van der Waals surface area contributed by atoms with Crippen LogP contribution in [-0.2, 0) is 9.84 Å². The number of hydrogen-bond acceptors (Lipinski definition) is 4. The second-order valence-electron chi connectivity index (χ2n) is 5.01. The van der Waals surface area contributed by atoms with Crippen molar-refractivity contribution in [1.29, 1.82) is 0 Å². The van der Waals surface area contributed by atoms with E-state index in [9.17, 15) is 8.42 Å². The van der Waals surface area contributed by atoms with E-state index in [1.165, 1.54) is 19.3 Å². The molecule has 2 rings (SSSR count). The molecule has 2 saturated heterocycles. The zero-order valence-electron chi connectivity index (χ0n) is 9.77. The molecule has 0 radical (unpaired) electrons. The summed E-state index contributed by atoms with van der Waals surface area (Å²) in [5.41, 5.74) is 5.79. The molecular weight excluding hydrogens is 224 g/mol. The summed E-state index contributed by atoms with van der Waals surface area (Å²) in [6.45, 7) is 1.82. The Bertz CT molecular complexity index is 315. The van der Waals surface area contributed by atoms with E-state index < -0.39 is 9.84 Å². The lowest BCUT2D eigenvalue weighted by atomic mass is 9.97. The predicted molar refractivity (Wildman–Crippen MR) is 65.1 cm³/mol. The molecule has 0 amide bonds. The summed E-state index contributed by atoms with van der Waals surface area (Å²) in [6, 6.07) is 0.942. The third kappa shape index (κ3) is 2.76. The van der Waals surface area contributed by atoms with Gasteiger partial charge in [-0.2, -0.15) is 0 Å². The molecule has 4 nitrogen and oxygen atoms in total. The molecule has 94 valence electrons. The first kappa shape index (κ1) is 12.3. The monoisotopic (exact) mass is 246 g/mol. The Labute approximate surface area is 98.1 Å². The Morgan fingerprint density at radius 2 is 1.81 bits per heavy atom. The lowest BCUT2D eigenvalue weighted by Gasteiger charge is -2.42. The van der Waals surface area contributed by atoms with Crippen molar-refractivity contribution in [1.82, 2.24) is 4.90 Å². The number of piperidine rings is 1. The van der Waals surface area contributed by atoms with Crippen LogP contribution in [0.15, 0.2) is 0 Å². The van der Waals surface area contributed by atoms with Gasteiger partial charge in [0, 0.05) is 18.6 Å². The topological polar surface area (TPSA) is 63.4 Å². The molecule has 0 aromatic carbocycles. The minimum atomic E-state index is -2.74. The van der Waals surface area contributed by atoms with Gasteiger partial charge in [-0.3, -0.25) is 4.90 Å². The van der Waals surface area contributed by atoms with E-state index in [0.717, 1.165) is 19.4 Å². The van der Waals surface area contributed by atoms with Gasteiger partial charge in [0.2, 0.25) is 0 Å². The van der Waals surface area contributed by atoms with E-state index in [4.69, 9.17) is 5.73 Å². The molecule has 2 heterocycles. The molecule has 5 heteroatoms. The largest absolute Gasteiger partial charge is 0.329 e. The van der Waals surface area contributed by atoms with Gasteiger partial charge in [0.15, 0.2) is 0 Å². The summed E-state index contributed by atoms with van der Waals surface area (Å²) in [6.07, 6.45) is 5.29. The molecule has 1 unspecified atom stereocenters. The van der Waals surface area contributed by atoms with Gasteiger partial charge in [0.1, 0.15) is 9.84 Å². The highest BCUT2D eigenvalue weighted by Crippen LogP contribution is 2.25. The fraction of sp³-hybridized carbons (Fsp3) is 1.00. The Morgan fingerprint density at radius 1 is 1.12 bits per heavy atom. The van der Waals surface area contributed by atoms with Crippen LogP contribution in [0.5, 0.6) is 0 Å². The summed E-state index contributed by atoms with van der Waals surface area (Å²) in [4.78, 5) is 2.47. The normalized spacial score (nSPS) is 32.7. The molecule has 2 aliphatic rings. The first-order valence-electron chi connectivity index (χ1n) is 6.28. The summed E-state index contributed by atoms with van der Waals surface area (Å²) < 4.78 is 22.8. The van der Waals surface area contributed by atoms with Crippen LogP contribution in [0.3, 0.4) is 0 Å². The maximum atomic E-state index is 11.4. The van der Waals surface area contributed by atoms with Crippen molar-refractivity contribution in [2.75, 3.05) is 24.6 Å². The molecule has 0 saturated carbocycles. The van der Waals surface area contributed by atoms with Crippen molar-refractivity contribution < 1.29 is 8.42 Å². The molecule has 0 aliphatic carbocycles. The van der Waals surface area contributed by atoms with Gasteiger partial charge in [-0.15, -0.1) is 0 Å². The molecule has 16 heavy (non-hydrogen) atoms. The number of nitrogens with zero attached hydrogens (tertiary/aromatic N) is 1. The van der Waals surface area contributed by atoms with E-state index in [1.807, 2.05) is 0 Å². The van der Waals surface area contributed by atoms with Gasteiger partial charge in [0.05, 0.1) is 11.5 Å². The van der Waals surface area contributed by atoms with Gasteiger partial charge < -0.3 is 5.73 Å². The second kappa shape index (κ2) is 5.02. The van der Waals surface area contributed by atoms with Crippen LogP contribution in [-0.4, -0.2) is 50.0 Å². The molecule has 0 aromatic heterocycles. The fourth-order valence-electron chi connectivity index (χ4n) is 2.97. The van der Waals surface area contributed by atoms with Gasteiger partial charge >= 0.3 is 0 Å². The first-order valence-corrected chi connectivity index (χ1v) is 8.11. The Balaban J connectivity index is 1.96. The number of hydrogen-bond donors (Lipinski definition) is 1.